The highest BCUT2D eigenvalue weighted by molar-refractivity contribution is 6.32. The highest BCUT2D eigenvalue weighted by Crippen LogP contribution is 2.23. The van der Waals surface area contributed by atoms with Crippen LogP contribution in [-0.4, -0.2) is 63.5 Å². The molecule has 2 saturated heterocycles. The molecule has 2 aliphatic heterocycles. The molecule has 2 N–H and O–H groups in total. The Balaban J connectivity index is 1.60. The van der Waals surface area contributed by atoms with Gasteiger partial charge in [-0.2, -0.15) is 0 Å². The third-order valence-electron chi connectivity index (χ3n) is 4.57. The number of benzene rings is 1. The zero-order chi connectivity index (χ0) is 19.2. The van der Waals surface area contributed by atoms with Crippen molar-refractivity contribution in [2.24, 2.45) is 10.9 Å². The Bertz CT molecular complexity index is 749. The molecule has 1 aromatic rings. The summed E-state index contributed by atoms with van der Waals surface area (Å²) in [7, 11) is 0. The highest BCUT2D eigenvalue weighted by atomic mass is 19.1. The van der Waals surface area contributed by atoms with Crippen molar-refractivity contribution in [3.8, 4) is 0 Å². The van der Waals surface area contributed by atoms with E-state index in [9.17, 15) is 18.8 Å². The average molecular weight is 377 g/mol. The zero-order valence-corrected chi connectivity index (χ0v) is 14.8. The molecule has 27 heavy (non-hydrogen) atoms. The summed E-state index contributed by atoms with van der Waals surface area (Å²) in [5.41, 5.74) is -0.193. The molecule has 9 heteroatoms. The van der Waals surface area contributed by atoms with Gasteiger partial charge in [-0.15, -0.1) is 0 Å². The topological polar surface area (TPSA) is 92.5 Å². The summed E-state index contributed by atoms with van der Waals surface area (Å²) in [5.74, 6) is -3.53. The second-order valence-corrected chi connectivity index (χ2v) is 6.42. The van der Waals surface area contributed by atoms with Crippen LogP contribution >= 0.6 is 0 Å². The molecule has 144 valence electrons. The van der Waals surface area contributed by atoms with E-state index in [1.165, 1.54) is 29.3 Å². The number of hydrogen-bond donors (Lipinski definition) is 2. The van der Waals surface area contributed by atoms with E-state index in [0.717, 1.165) is 45.3 Å². The Morgan fingerprint density at radius 2 is 2.00 bits per heavy atom. The number of barbiturate groups is 1. The first-order valence-corrected chi connectivity index (χ1v) is 8.92. The molecule has 0 bridgehead atoms. The number of carbonyl (C=O) groups excluding carboxylic acids is 3. The number of nitrogens with one attached hydrogen (secondary N) is 2. The number of nitrogens with zero attached hydrogens (tertiary/aromatic N) is 2. The van der Waals surface area contributed by atoms with Gasteiger partial charge in [0.15, 0.2) is 5.92 Å². The van der Waals surface area contributed by atoms with Crippen molar-refractivity contribution in [2.75, 3.05) is 44.3 Å². The molecule has 2 aliphatic rings. The summed E-state index contributed by atoms with van der Waals surface area (Å²) in [6.07, 6.45) is 2.05. The Labute approximate surface area is 156 Å². The maximum absolute atomic E-state index is 14.0. The number of quaternary nitrogens is 1. The minimum atomic E-state index is -1.25. The summed E-state index contributed by atoms with van der Waals surface area (Å²) in [6.45, 7) is 4.85. The SMILES string of the molecule is O=C1NC(=O)N(c2ccccc2F)C(=O)[C@H]1C=NCCC[NH+]1CCOCC1. The molecule has 0 saturated carbocycles. The molecule has 0 aromatic heterocycles. The van der Waals surface area contributed by atoms with Crippen molar-refractivity contribution < 1.29 is 28.4 Å². The fourth-order valence-corrected chi connectivity index (χ4v) is 3.09. The van der Waals surface area contributed by atoms with Gasteiger partial charge in [-0.3, -0.25) is 19.9 Å². The Hall–Kier alpha value is -2.65. The lowest BCUT2D eigenvalue weighted by Crippen LogP contribution is -3.14. The van der Waals surface area contributed by atoms with E-state index in [1.54, 1.807) is 0 Å². The molecule has 1 atom stereocenters. The van der Waals surface area contributed by atoms with Crippen molar-refractivity contribution in [2.45, 2.75) is 6.42 Å². The van der Waals surface area contributed by atoms with Gasteiger partial charge in [0.1, 0.15) is 18.9 Å². The first kappa shape index (κ1) is 19.1. The van der Waals surface area contributed by atoms with Gasteiger partial charge >= 0.3 is 6.03 Å². The van der Waals surface area contributed by atoms with Crippen molar-refractivity contribution >= 4 is 29.7 Å². The fourth-order valence-electron chi connectivity index (χ4n) is 3.09. The van der Waals surface area contributed by atoms with Gasteiger partial charge in [0.25, 0.3) is 5.91 Å². The standard InChI is InChI=1S/C18H21FN4O4/c19-14-4-1-2-5-15(14)23-17(25)13(16(24)21-18(23)26)12-20-6-3-7-22-8-10-27-11-9-22/h1-2,4-5,12-13H,3,6-11H2,(H,21,24,26)/p+1/t13-/m0/s1. The Kier molecular flexibility index (Phi) is 6.25. The molecular formula is C18H22FN4O4+. The van der Waals surface area contributed by atoms with E-state index in [4.69, 9.17) is 4.74 Å². The van der Waals surface area contributed by atoms with Gasteiger partial charge in [-0.05, 0) is 12.1 Å². The van der Waals surface area contributed by atoms with Crippen LogP contribution in [0.15, 0.2) is 29.3 Å². The monoisotopic (exact) mass is 377 g/mol. The second kappa shape index (κ2) is 8.83. The lowest BCUT2D eigenvalue weighted by molar-refractivity contribution is -0.908. The maximum atomic E-state index is 14.0. The summed E-state index contributed by atoms with van der Waals surface area (Å²) >= 11 is 0. The molecule has 0 spiro atoms. The molecule has 0 aliphatic carbocycles. The molecule has 0 radical (unpaired) electrons. The van der Waals surface area contributed by atoms with Gasteiger partial charge in [-0.25, -0.2) is 14.1 Å². The van der Waals surface area contributed by atoms with Crippen LogP contribution in [0, 0.1) is 11.7 Å². The minimum Gasteiger partial charge on any atom is -0.370 e. The summed E-state index contributed by atoms with van der Waals surface area (Å²) in [4.78, 5) is 42.9. The molecule has 4 amide bonds. The summed E-state index contributed by atoms with van der Waals surface area (Å²) < 4.78 is 19.3. The fraction of sp³-hybridized carbons (Fsp3) is 0.444. The van der Waals surface area contributed by atoms with E-state index in [-0.39, 0.29) is 5.69 Å². The van der Waals surface area contributed by atoms with Gasteiger partial charge in [0.2, 0.25) is 5.91 Å². The van der Waals surface area contributed by atoms with Crippen molar-refractivity contribution in [1.82, 2.24) is 5.32 Å². The van der Waals surface area contributed by atoms with E-state index < -0.39 is 29.6 Å². The third kappa shape index (κ3) is 4.55. The van der Waals surface area contributed by atoms with Crippen LogP contribution < -0.4 is 15.1 Å². The van der Waals surface area contributed by atoms with Crippen molar-refractivity contribution in [3.05, 3.63) is 30.1 Å². The maximum Gasteiger partial charge on any atom is 0.335 e. The predicted molar refractivity (Wildman–Crippen MR) is 95.3 cm³/mol. The lowest BCUT2D eigenvalue weighted by Gasteiger charge is -2.28. The number of halogens is 1. The molecular weight excluding hydrogens is 355 g/mol. The first-order valence-electron chi connectivity index (χ1n) is 8.92. The van der Waals surface area contributed by atoms with Gasteiger partial charge in [0.05, 0.1) is 25.4 Å². The Morgan fingerprint density at radius 3 is 2.74 bits per heavy atom. The van der Waals surface area contributed by atoms with Crippen LogP contribution in [-0.2, 0) is 14.3 Å². The number of morpholine rings is 1. The van der Waals surface area contributed by atoms with Crippen LogP contribution in [0.4, 0.5) is 14.9 Å². The van der Waals surface area contributed by atoms with Crippen molar-refractivity contribution in [1.29, 1.82) is 0 Å². The average Bonchev–Trinajstić information content (AvgIpc) is 2.66. The van der Waals surface area contributed by atoms with Crippen LogP contribution in [0.3, 0.4) is 0 Å². The third-order valence-corrected chi connectivity index (χ3v) is 4.57. The molecule has 1 aromatic carbocycles. The lowest BCUT2D eigenvalue weighted by atomic mass is 10.1. The minimum absolute atomic E-state index is 0.193. The number of amides is 4. The number of hydrogen-bond acceptors (Lipinski definition) is 5. The molecule has 0 unspecified atom stereocenters. The van der Waals surface area contributed by atoms with Crippen LogP contribution in [0.2, 0.25) is 0 Å². The molecule has 2 fully saturated rings. The summed E-state index contributed by atoms with van der Waals surface area (Å²) in [5, 5.41) is 2.08. The number of anilines is 1. The van der Waals surface area contributed by atoms with Gasteiger partial charge < -0.3 is 9.64 Å². The normalized spacial score (nSPS) is 21.7. The van der Waals surface area contributed by atoms with E-state index in [0.29, 0.717) is 11.4 Å². The van der Waals surface area contributed by atoms with Crippen LogP contribution in [0.25, 0.3) is 0 Å². The number of urea groups is 1. The number of rotatable bonds is 6. The largest absolute Gasteiger partial charge is 0.370 e. The summed E-state index contributed by atoms with van der Waals surface area (Å²) in [6, 6.07) is 4.44. The molecule has 3 rings (SSSR count). The van der Waals surface area contributed by atoms with Crippen molar-refractivity contribution in [3.63, 3.8) is 0 Å². The van der Waals surface area contributed by atoms with E-state index in [2.05, 4.69) is 10.3 Å². The number of imide groups is 2. The van der Waals surface area contributed by atoms with Gasteiger partial charge in [-0.1, -0.05) is 12.1 Å². The zero-order valence-electron chi connectivity index (χ0n) is 14.8. The first-order chi connectivity index (χ1) is 13.1. The molecule has 8 nitrogen and oxygen atoms in total. The smallest absolute Gasteiger partial charge is 0.335 e. The van der Waals surface area contributed by atoms with Crippen LogP contribution in [0.1, 0.15) is 6.42 Å². The Morgan fingerprint density at radius 1 is 1.26 bits per heavy atom. The number of ether oxygens (including phenoxy) is 1. The predicted octanol–water partition coefficient (Wildman–Crippen LogP) is -0.599. The highest BCUT2D eigenvalue weighted by Gasteiger charge is 2.41. The number of aliphatic imine (C=N–C) groups is 1. The van der Waals surface area contributed by atoms with Crippen LogP contribution in [0.5, 0.6) is 0 Å². The van der Waals surface area contributed by atoms with E-state index in [1.807, 2.05) is 0 Å². The number of carbonyl (C=O) groups is 3. The van der Waals surface area contributed by atoms with Gasteiger partial charge in [0, 0.05) is 19.2 Å². The van der Waals surface area contributed by atoms with E-state index >= 15 is 0 Å². The number of para-hydroxylation sites is 1. The molecule has 2 heterocycles. The quantitative estimate of drug-likeness (QED) is 0.393. The second-order valence-electron chi connectivity index (χ2n) is 6.42.